The Kier molecular flexibility index (Phi) is 5.48. The molecule has 0 fully saturated rings. The molecule has 0 atom stereocenters. The molecule has 20 heavy (non-hydrogen) atoms. The van der Waals surface area contributed by atoms with Gasteiger partial charge in [-0.1, -0.05) is 46.3 Å². The molecule has 2 rings (SSSR count). The number of hydrogen-bond donors (Lipinski definition) is 0. The zero-order chi connectivity index (χ0) is 14.6. The molecule has 0 saturated carbocycles. The lowest BCUT2D eigenvalue weighted by Crippen LogP contribution is -2.33. The first-order valence-electron chi connectivity index (χ1n) is 6.23. The lowest BCUT2D eigenvalue weighted by Gasteiger charge is -2.30. The van der Waals surface area contributed by atoms with Crippen molar-refractivity contribution >= 4 is 39.1 Å². The molecule has 0 bridgehead atoms. The second-order valence-corrected chi connectivity index (χ2v) is 6.28. The van der Waals surface area contributed by atoms with Crippen LogP contribution in [0.4, 0.5) is 4.39 Å². The second-order valence-electron chi connectivity index (χ2n) is 4.83. The normalized spacial score (nSPS) is 11.6. The largest absolute Gasteiger partial charge is 0.207 e. The van der Waals surface area contributed by atoms with Crippen molar-refractivity contribution < 1.29 is 4.39 Å². The Labute approximate surface area is 137 Å². The SMILES string of the molecule is Fc1ccc(Br)cc1CC(CCl)(CCl)c1ccccc1. The standard InChI is InChI=1S/C16H14BrCl2F/c17-14-6-7-15(20)12(8-14)9-16(10-18,11-19)13-4-2-1-3-5-13/h1-8H,9-11H2. The third-order valence-corrected chi connectivity index (χ3v) is 4.95. The highest BCUT2D eigenvalue weighted by Crippen LogP contribution is 2.33. The molecule has 0 aliphatic heterocycles. The highest BCUT2D eigenvalue weighted by atomic mass is 79.9. The first-order valence-corrected chi connectivity index (χ1v) is 8.09. The molecule has 0 unspecified atom stereocenters. The van der Waals surface area contributed by atoms with Crippen molar-refractivity contribution in [3.05, 3.63) is 69.9 Å². The summed E-state index contributed by atoms with van der Waals surface area (Å²) in [4.78, 5) is 0. The van der Waals surface area contributed by atoms with E-state index in [0.717, 1.165) is 10.0 Å². The van der Waals surface area contributed by atoms with Crippen LogP contribution in [0.5, 0.6) is 0 Å². The molecule has 0 spiro atoms. The topological polar surface area (TPSA) is 0 Å². The van der Waals surface area contributed by atoms with Gasteiger partial charge in [0.05, 0.1) is 0 Å². The molecule has 0 nitrogen and oxygen atoms in total. The molecule has 0 aliphatic carbocycles. The van der Waals surface area contributed by atoms with E-state index in [1.54, 1.807) is 12.1 Å². The van der Waals surface area contributed by atoms with Crippen LogP contribution in [0, 0.1) is 5.82 Å². The zero-order valence-electron chi connectivity index (χ0n) is 10.8. The van der Waals surface area contributed by atoms with E-state index < -0.39 is 5.41 Å². The van der Waals surface area contributed by atoms with Gasteiger partial charge in [-0.2, -0.15) is 0 Å². The van der Waals surface area contributed by atoms with E-state index in [0.29, 0.717) is 23.7 Å². The van der Waals surface area contributed by atoms with E-state index >= 15 is 0 Å². The summed E-state index contributed by atoms with van der Waals surface area (Å²) in [5.74, 6) is 0.447. The Hall–Kier alpha value is -0.570. The molecule has 2 aromatic rings. The van der Waals surface area contributed by atoms with Gasteiger partial charge in [0.2, 0.25) is 0 Å². The Bertz CT molecular complexity index is 568. The van der Waals surface area contributed by atoms with Gasteiger partial charge in [0.15, 0.2) is 0 Å². The summed E-state index contributed by atoms with van der Waals surface area (Å²) in [5.41, 5.74) is 1.18. The Morgan fingerprint density at radius 3 is 2.25 bits per heavy atom. The highest BCUT2D eigenvalue weighted by molar-refractivity contribution is 9.10. The van der Waals surface area contributed by atoms with Crippen molar-refractivity contribution in [2.45, 2.75) is 11.8 Å². The second kappa shape index (κ2) is 6.93. The summed E-state index contributed by atoms with van der Waals surface area (Å²) in [5, 5.41) is 0. The van der Waals surface area contributed by atoms with Crippen molar-refractivity contribution in [3.63, 3.8) is 0 Å². The summed E-state index contributed by atoms with van der Waals surface area (Å²) in [6.07, 6.45) is 0.468. The van der Waals surface area contributed by atoms with E-state index in [1.807, 2.05) is 30.3 Å². The van der Waals surface area contributed by atoms with Crippen molar-refractivity contribution in [2.75, 3.05) is 11.8 Å². The summed E-state index contributed by atoms with van der Waals surface area (Å²) in [6, 6.07) is 14.7. The molecule has 0 aliphatic rings. The number of halogens is 4. The van der Waals surface area contributed by atoms with Gasteiger partial charge in [-0.25, -0.2) is 4.39 Å². The molecular formula is C16H14BrCl2F. The first kappa shape index (κ1) is 15.8. The molecule has 0 radical (unpaired) electrons. The predicted octanol–water partition coefficient (Wildman–Crippen LogP) is 5.55. The molecule has 0 saturated heterocycles. The van der Waals surface area contributed by atoms with Gasteiger partial charge in [-0.15, -0.1) is 23.2 Å². The molecule has 0 aromatic heterocycles. The maximum atomic E-state index is 14.0. The average molecular weight is 376 g/mol. The minimum atomic E-state index is -0.466. The van der Waals surface area contributed by atoms with Gasteiger partial charge in [-0.3, -0.25) is 0 Å². The fraction of sp³-hybridized carbons (Fsp3) is 0.250. The molecule has 0 heterocycles. The maximum absolute atomic E-state index is 14.0. The van der Waals surface area contributed by atoms with Crippen LogP contribution >= 0.6 is 39.1 Å². The van der Waals surface area contributed by atoms with Gasteiger partial charge >= 0.3 is 0 Å². The average Bonchev–Trinajstić information content (AvgIpc) is 2.49. The van der Waals surface area contributed by atoms with E-state index in [-0.39, 0.29) is 5.82 Å². The van der Waals surface area contributed by atoms with Gasteiger partial charge in [0, 0.05) is 21.6 Å². The van der Waals surface area contributed by atoms with Crippen LogP contribution in [0.15, 0.2) is 53.0 Å². The smallest absolute Gasteiger partial charge is 0.126 e. The molecule has 106 valence electrons. The van der Waals surface area contributed by atoms with Gasteiger partial charge in [0.1, 0.15) is 5.82 Å². The third-order valence-electron chi connectivity index (χ3n) is 3.43. The van der Waals surface area contributed by atoms with Gasteiger partial charge in [0.25, 0.3) is 0 Å². The lowest BCUT2D eigenvalue weighted by molar-refractivity contribution is 0.512. The van der Waals surface area contributed by atoms with Gasteiger partial charge < -0.3 is 0 Å². The zero-order valence-corrected chi connectivity index (χ0v) is 13.8. The molecular weight excluding hydrogens is 362 g/mol. The predicted molar refractivity (Wildman–Crippen MR) is 87.4 cm³/mol. The number of rotatable bonds is 5. The van der Waals surface area contributed by atoms with E-state index in [4.69, 9.17) is 23.2 Å². The summed E-state index contributed by atoms with van der Waals surface area (Å²) >= 11 is 15.7. The van der Waals surface area contributed by atoms with Crippen molar-refractivity contribution in [3.8, 4) is 0 Å². The van der Waals surface area contributed by atoms with Crippen LogP contribution in [0.3, 0.4) is 0 Å². The minimum absolute atomic E-state index is 0.233. The maximum Gasteiger partial charge on any atom is 0.126 e. The third kappa shape index (κ3) is 3.36. The molecule has 4 heteroatoms. The first-order chi connectivity index (χ1) is 9.61. The molecule has 0 N–H and O–H groups in total. The van der Waals surface area contributed by atoms with Crippen LogP contribution in [0.25, 0.3) is 0 Å². The molecule has 2 aromatic carbocycles. The Morgan fingerprint density at radius 2 is 1.65 bits per heavy atom. The van der Waals surface area contributed by atoms with Crippen LogP contribution in [0.1, 0.15) is 11.1 Å². The fourth-order valence-corrected chi connectivity index (χ4v) is 3.41. The monoisotopic (exact) mass is 374 g/mol. The van der Waals surface area contributed by atoms with Crippen LogP contribution in [-0.4, -0.2) is 11.8 Å². The van der Waals surface area contributed by atoms with E-state index in [9.17, 15) is 4.39 Å². The van der Waals surface area contributed by atoms with Crippen molar-refractivity contribution in [2.24, 2.45) is 0 Å². The Morgan fingerprint density at radius 1 is 1.00 bits per heavy atom. The summed E-state index contributed by atoms with van der Waals surface area (Å²) in [7, 11) is 0. The van der Waals surface area contributed by atoms with Crippen molar-refractivity contribution in [1.82, 2.24) is 0 Å². The van der Waals surface area contributed by atoms with Gasteiger partial charge in [-0.05, 0) is 35.7 Å². The highest BCUT2D eigenvalue weighted by Gasteiger charge is 2.31. The molecule has 0 amide bonds. The van der Waals surface area contributed by atoms with E-state index in [2.05, 4.69) is 15.9 Å². The lowest BCUT2D eigenvalue weighted by atomic mass is 9.78. The van der Waals surface area contributed by atoms with Crippen LogP contribution in [0.2, 0.25) is 0 Å². The van der Waals surface area contributed by atoms with E-state index in [1.165, 1.54) is 6.07 Å². The number of hydrogen-bond acceptors (Lipinski definition) is 0. The van der Waals surface area contributed by atoms with Crippen LogP contribution in [-0.2, 0) is 11.8 Å². The summed E-state index contributed by atoms with van der Waals surface area (Å²) in [6.45, 7) is 0. The number of benzene rings is 2. The quantitative estimate of drug-likeness (QED) is 0.601. The van der Waals surface area contributed by atoms with Crippen molar-refractivity contribution in [1.29, 1.82) is 0 Å². The van der Waals surface area contributed by atoms with Crippen LogP contribution < -0.4 is 0 Å². The fourth-order valence-electron chi connectivity index (χ4n) is 2.22. The Balaban J connectivity index is 2.42. The minimum Gasteiger partial charge on any atom is -0.207 e. The summed E-state index contributed by atoms with van der Waals surface area (Å²) < 4.78 is 14.8. The number of alkyl halides is 2.